The van der Waals surface area contributed by atoms with Crippen molar-refractivity contribution in [1.29, 1.82) is 0 Å². The van der Waals surface area contributed by atoms with E-state index in [2.05, 4.69) is 10.1 Å². The second-order valence-electron chi connectivity index (χ2n) is 6.22. The molecule has 9 heteroatoms. The van der Waals surface area contributed by atoms with Crippen LogP contribution < -0.4 is 0 Å². The highest BCUT2D eigenvalue weighted by Crippen LogP contribution is 2.28. The van der Waals surface area contributed by atoms with Gasteiger partial charge >= 0.3 is 0 Å². The lowest BCUT2D eigenvalue weighted by molar-refractivity contribution is 0.296. The zero-order chi connectivity index (χ0) is 17.3. The minimum absolute atomic E-state index is 0.0533. The van der Waals surface area contributed by atoms with E-state index in [1.165, 1.54) is 8.61 Å². The molecule has 8 nitrogen and oxygen atoms in total. The molecule has 1 saturated heterocycles. The molecule has 1 aliphatic rings. The molecule has 0 spiro atoms. The molecule has 3 heterocycles. The van der Waals surface area contributed by atoms with Crippen molar-refractivity contribution in [2.45, 2.75) is 18.8 Å². The molecule has 1 aliphatic heterocycles. The quantitative estimate of drug-likeness (QED) is 0.817. The molecule has 0 bridgehead atoms. The third kappa shape index (κ3) is 3.33. The van der Waals surface area contributed by atoms with Crippen LogP contribution in [-0.2, 0) is 17.3 Å². The Kier molecular flexibility index (Phi) is 4.66. The van der Waals surface area contributed by atoms with Crippen LogP contribution in [0.5, 0.6) is 0 Å². The molecular formula is C15H22N6O2S. The summed E-state index contributed by atoms with van der Waals surface area (Å²) in [4.78, 5) is 8.98. The van der Waals surface area contributed by atoms with E-state index in [0.717, 1.165) is 29.8 Å². The molecular weight excluding hydrogens is 328 g/mol. The van der Waals surface area contributed by atoms with Crippen molar-refractivity contribution >= 4 is 10.2 Å². The summed E-state index contributed by atoms with van der Waals surface area (Å²) in [6, 6.07) is 0. The van der Waals surface area contributed by atoms with Gasteiger partial charge in [0.05, 0.1) is 23.8 Å². The van der Waals surface area contributed by atoms with Gasteiger partial charge in [-0.2, -0.15) is 22.1 Å². The maximum Gasteiger partial charge on any atom is 0.281 e. The van der Waals surface area contributed by atoms with Gasteiger partial charge in [-0.05, 0) is 12.8 Å². The summed E-state index contributed by atoms with van der Waals surface area (Å²) in [6.45, 7) is 0.985. The zero-order valence-corrected chi connectivity index (χ0v) is 14.9. The average Bonchev–Trinajstić information content (AvgIpc) is 3.01. The fourth-order valence-corrected chi connectivity index (χ4v) is 4.08. The molecule has 1 unspecified atom stereocenters. The Bertz CT molecular complexity index is 817. The van der Waals surface area contributed by atoms with E-state index in [-0.39, 0.29) is 5.92 Å². The standard InChI is InChI=1S/C15H22N6O2S/c1-19(2)24(22,23)21-6-4-5-12(11-21)14-8-16-9-15(18-14)13-7-17-20(3)10-13/h7-10,12H,4-6,11H2,1-3H3. The lowest BCUT2D eigenvalue weighted by atomic mass is 9.96. The van der Waals surface area contributed by atoms with E-state index in [9.17, 15) is 8.42 Å². The van der Waals surface area contributed by atoms with E-state index < -0.39 is 10.2 Å². The van der Waals surface area contributed by atoms with Gasteiger partial charge in [0, 0.05) is 58.1 Å². The largest absolute Gasteiger partial charge is 0.281 e. The Balaban J connectivity index is 1.84. The minimum Gasteiger partial charge on any atom is -0.275 e. The zero-order valence-electron chi connectivity index (χ0n) is 14.1. The summed E-state index contributed by atoms with van der Waals surface area (Å²) in [5, 5.41) is 4.15. The van der Waals surface area contributed by atoms with Crippen LogP contribution in [0.1, 0.15) is 24.5 Å². The summed E-state index contributed by atoms with van der Waals surface area (Å²) in [7, 11) is 1.57. The molecule has 3 rings (SSSR count). The summed E-state index contributed by atoms with van der Waals surface area (Å²) in [5.41, 5.74) is 2.49. The predicted molar refractivity (Wildman–Crippen MR) is 90.4 cm³/mol. The molecule has 130 valence electrons. The number of hydrogen-bond donors (Lipinski definition) is 0. The van der Waals surface area contributed by atoms with E-state index >= 15 is 0 Å². The highest BCUT2D eigenvalue weighted by Gasteiger charge is 2.31. The topological polar surface area (TPSA) is 84.2 Å². The van der Waals surface area contributed by atoms with Crippen molar-refractivity contribution in [2.75, 3.05) is 27.2 Å². The third-order valence-corrected chi connectivity index (χ3v) is 6.15. The Morgan fingerprint density at radius 1 is 1.25 bits per heavy atom. The monoisotopic (exact) mass is 350 g/mol. The minimum atomic E-state index is -3.39. The van der Waals surface area contributed by atoms with E-state index in [4.69, 9.17) is 4.98 Å². The Labute approximate surface area is 142 Å². The maximum absolute atomic E-state index is 12.4. The first-order valence-corrected chi connectivity index (χ1v) is 9.26. The van der Waals surface area contributed by atoms with Crippen molar-refractivity contribution in [2.24, 2.45) is 7.05 Å². The molecule has 2 aromatic rings. The van der Waals surface area contributed by atoms with E-state index in [1.807, 2.05) is 13.2 Å². The van der Waals surface area contributed by atoms with E-state index in [0.29, 0.717) is 13.1 Å². The highest BCUT2D eigenvalue weighted by molar-refractivity contribution is 7.86. The molecule has 0 aromatic carbocycles. The third-order valence-electron chi connectivity index (χ3n) is 4.24. The second kappa shape index (κ2) is 6.58. The molecule has 0 amide bonds. The van der Waals surface area contributed by atoms with Crippen molar-refractivity contribution in [3.05, 3.63) is 30.5 Å². The number of nitrogens with zero attached hydrogens (tertiary/aromatic N) is 6. The normalized spacial score (nSPS) is 19.8. The average molecular weight is 350 g/mol. The number of aromatic nitrogens is 4. The van der Waals surface area contributed by atoms with Gasteiger partial charge in [-0.25, -0.2) is 4.98 Å². The molecule has 1 fully saturated rings. The molecule has 2 aromatic heterocycles. The summed E-state index contributed by atoms with van der Waals surface area (Å²) >= 11 is 0. The molecule has 0 saturated carbocycles. The lowest BCUT2D eigenvalue weighted by Gasteiger charge is -2.33. The van der Waals surface area contributed by atoms with Crippen LogP contribution in [0.25, 0.3) is 11.3 Å². The highest BCUT2D eigenvalue weighted by atomic mass is 32.2. The van der Waals surface area contributed by atoms with Gasteiger partial charge in [0.25, 0.3) is 10.2 Å². The Morgan fingerprint density at radius 3 is 2.71 bits per heavy atom. The van der Waals surface area contributed by atoms with Crippen LogP contribution in [0.3, 0.4) is 0 Å². The summed E-state index contributed by atoms with van der Waals surface area (Å²) in [5.74, 6) is 0.0533. The summed E-state index contributed by atoms with van der Waals surface area (Å²) in [6.07, 6.45) is 8.80. The number of hydrogen-bond acceptors (Lipinski definition) is 5. The summed E-state index contributed by atoms with van der Waals surface area (Å²) < 4.78 is 29.2. The van der Waals surface area contributed by atoms with Crippen LogP contribution >= 0.6 is 0 Å². The molecule has 0 N–H and O–H groups in total. The second-order valence-corrected chi connectivity index (χ2v) is 8.36. The Morgan fingerprint density at radius 2 is 2.04 bits per heavy atom. The number of rotatable bonds is 4. The van der Waals surface area contributed by atoms with Gasteiger partial charge < -0.3 is 0 Å². The molecule has 0 aliphatic carbocycles. The fraction of sp³-hybridized carbons (Fsp3) is 0.533. The van der Waals surface area contributed by atoms with Gasteiger partial charge in [-0.1, -0.05) is 0 Å². The molecule has 0 radical (unpaired) electrons. The first-order chi connectivity index (χ1) is 11.4. The predicted octanol–water partition coefficient (Wildman–Crippen LogP) is 0.863. The van der Waals surface area contributed by atoms with Crippen molar-refractivity contribution < 1.29 is 8.42 Å². The van der Waals surface area contributed by atoms with Gasteiger partial charge in [-0.3, -0.25) is 9.67 Å². The van der Waals surface area contributed by atoms with Crippen LogP contribution in [0, 0.1) is 0 Å². The van der Waals surface area contributed by atoms with Gasteiger partial charge in [0.15, 0.2) is 0 Å². The van der Waals surface area contributed by atoms with Crippen molar-refractivity contribution in [3.63, 3.8) is 0 Å². The van der Waals surface area contributed by atoms with Gasteiger partial charge in [0.1, 0.15) is 0 Å². The first-order valence-electron chi connectivity index (χ1n) is 7.86. The molecule has 24 heavy (non-hydrogen) atoms. The SMILES string of the molecule is CN(C)S(=O)(=O)N1CCCC(c2cncc(-c3cnn(C)c3)n2)C1. The van der Waals surface area contributed by atoms with Gasteiger partial charge in [0.2, 0.25) is 0 Å². The Hall–Kier alpha value is -1.84. The van der Waals surface area contributed by atoms with Crippen LogP contribution in [-0.4, -0.2) is 64.0 Å². The van der Waals surface area contributed by atoms with Crippen molar-refractivity contribution in [1.82, 2.24) is 28.4 Å². The number of aryl methyl sites for hydroxylation is 1. The van der Waals surface area contributed by atoms with Crippen molar-refractivity contribution in [3.8, 4) is 11.3 Å². The first kappa shape index (κ1) is 17.0. The van der Waals surface area contributed by atoms with Gasteiger partial charge in [-0.15, -0.1) is 0 Å². The smallest absolute Gasteiger partial charge is 0.275 e. The van der Waals surface area contributed by atoms with Crippen LogP contribution in [0.2, 0.25) is 0 Å². The van der Waals surface area contributed by atoms with Crippen LogP contribution in [0.15, 0.2) is 24.8 Å². The van der Waals surface area contributed by atoms with E-state index in [1.54, 1.807) is 37.4 Å². The fourth-order valence-electron chi connectivity index (χ4n) is 2.89. The molecule has 1 atom stereocenters. The lowest BCUT2D eigenvalue weighted by Crippen LogP contribution is -2.45. The number of piperidine rings is 1. The maximum atomic E-state index is 12.4. The van der Waals surface area contributed by atoms with Crippen LogP contribution in [0.4, 0.5) is 0 Å².